The molecule has 0 spiro atoms. The van der Waals surface area contributed by atoms with E-state index in [2.05, 4.69) is 109 Å². The Hall–Kier alpha value is -3.00. The monoisotopic (exact) mass is 551 g/mol. The van der Waals surface area contributed by atoms with Crippen LogP contribution in [0.25, 0.3) is 0 Å². The first-order valence-electron chi connectivity index (χ1n) is 14.0. The quantitative estimate of drug-likeness (QED) is 0.144. The summed E-state index contributed by atoms with van der Waals surface area (Å²) in [6.45, 7) is 21.9. The summed E-state index contributed by atoms with van der Waals surface area (Å²) >= 11 is 0. The van der Waals surface area contributed by atoms with E-state index in [0.29, 0.717) is 12.5 Å². The van der Waals surface area contributed by atoms with E-state index >= 15 is 0 Å². The summed E-state index contributed by atoms with van der Waals surface area (Å²) in [7, 11) is 0. The van der Waals surface area contributed by atoms with Crippen LogP contribution in [0.2, 0.25) is 0 Å². The van der Waals surface area contributed by atoms with Crippen molar-refractivity contribution in [3.05, 3.63) is 41.5 Å². The van der Waals surface area contributed by atoms with Gasteiger partial charge < -0.3 is 22.9 Å². The van der Waals surface area contributed by atoms with Crippen molar-refractivity contribution in [3.63, 3.8) is 0 Å². The van der Waals surface area contributed by atoms with E-state index in [0.717, 1.165) is 17.5 Å². The highest BCUT2D eigenvalue weighted by atomic mass is 16.1. The van der Waals surface area contributed by atoms with Crippen molar-refractivity contribution in [3.8, 4) is 0 Å². The van der Waals surface area contributed by atoms with Gasteiger partial charge in [-0.2, -0.15) is 0 Å². The molecule has 8 nitrogen and oxygen atoms in total. The molecule has 0 aliphatic heterocycles. The van der Waals surface area contributed by atoms with Gasteiger partial charge in [-0.1, -0.05) is 105 Å². The van der Waals surface area contributed by atoms with Gasteiger partial charge in [0.2, 0.25) is 19.2 Å². The molecule has 8 N–H and O–H groups in total. The number of carbonyl (C=O) groups excluding carboxylic acids is 3. The number of aliphatic imine (C=N–C) groups is 1. The first-order valence-corrected chi connectivity index (χ1v) is 14.0. The minimum atomic E-state index is 0.250. The zero-order valence-corrected chi connectivity index (χ0v) is 26.2. The summed E-state index contributed by atoms with van der Waals surface area (Å²) in [6, 6.07) is 6.31. The average molecular weight is 552 g/mol. The molecule has 228 valence electrons. The Morgan fingerprint density at radius 1 is 0.872 bits per heavy atom. The zero-order valence-electron chi connectivity index (χ0n) is 26.2. The second kappa shape index (κ2) is 39.5. The molecule has 0 heterocycles. The summed E-state index contributed by atoms with van der Waals surface area (Å²) in [5, 5.41) is 0. The van der Waals surface area contributed by atoms with Crippen LogP contribution in [0.3, 0.4) is 0 Å². The summed E-state index contributed by atoms with van der Waals surface area (Å²) in [6.07, 6.45) is 14.3. The van der Waals surface area contributed by atoms with Crippen LogP contribution in [-0.2, 0) is 14.4 Å². The van der Waals surface area contributed by atoms with Gasteiger partial charge in [0, 0.05) is 6.54 Å². The summed E-state index contributed by atoms with van der Waals surface area (Å²) in [5.74, 6) is 2.30. The van der Waals surface area contributed by atoms with Gasteiger partial charge in [0.1, 0.15) is 0 Å². The van der Waals surface area contributed by atoms with Gasteiger partial charge >= 0.3 is 0 Å². The van der Waals surface area contributed by atoms with E-state index in [-0.39, 0.29) is 19.2 Å². The van der Waals surface area contributed by atoms with E-state index < -0.39 is 0 Å². The first kappa shape index (κ1) is 45.9. The molecular weight excluding hydrogens is 490 g/mol. The molecule has 2 atom stereocenters. The van der Waals surface area contributed by atoms with Crippen molar-refractivity contribution in [2.45, 2.75) is 106 Å². The molecular formula is C31H61N5O3. The maximum atomic E-state index is 8.58. The van der Waals surface area contributed by atoms with E-state index in [1.54, 1.807) is 0 Å². The third kappa shape index (κ3) is 37.2. The van der Waals surface area contributed by atoms with Crippen LogP contribution in [0.5, 0.6) is 0 Å². The maximum absolute atomic E-state index is 8.58. The Labute approximate surface area is 240 Å². The molecule has 0 aromatic heterocycles. The Balaban J connectivity index is -0.000000138. The van der Waals surface area contributed by atoms with Gasteiger partial charge in [0.05, 0.1) is 5.69 Å². The fourth-order valence-electron chi connectivity index (χ4n) is 3.02. The highest BCUT2D eigenvalue weighted by Crippen LogP contribution is 2.25. The number of hydrogen-bond donors (Lipinski definition) is 4. The third-order valence-corrected chi connectivity index (χ3v) is 5.68. The van der Waals surface area contributed by atoms with Crippen molar-refractivity contribution in [1.29, 1.82) is 0 Å². The minimum Gasteiger partial charge on any atom is -0.372 e. The highest BCUT2D eigenvalue weighted by molar-refractivity contribution is 5.52. The number of rotatable bonds is 11. The number of primary amides is 3. The number of unbranched alkanes of at least 4 members (excludes halogenated alkanes) is 2. The van der Waals surface area contributed by atoms with Crippen LogP contribution >= 0.6 is 0 Å². The number of amides is 3. The number of nitrogens with two attached hydrogens (primary N) is 4. The second-order valence-electron chi connectivity index (χ2n) is 9.00. The Morgan fingerprint density at radius 3 is 1.67 bits per heavy atom. The number of aryl methyl sites for hydroxylation is 1. The molecule has 1 aromatic rings. The first-order chi connectivity index (χ1) is 18.6. The zero-order chi connectivity index (χ0) is 31.5. The molecule has 1 aromatic carbocycles. The molecule has 8 heteroatoms. The number of nitrogens with zero attached hydrogens (tertiary/aromatic N) is 1. The lowest BCUT2D eigenvalue weighted by atomic mass is 9.85. The standard InChI is InChI=1S/C13H27N.C11H15N.C4H10.3CH3NO/c1-4-6-9-13(12(3)5-2)10-7-8-11-14;1-8(2)10-5-6-11(12-4)9(3)7-10;1-3-4-2;3*2-1-3/h7-8,12-13H,4-6,9-11,14H2,1-3H3;5-8H,4H2,1-3H3;3-4H2,1-2H3;3*1H,(H2,2,3)/b8-7+;;;;;. The molecule has 0 aliphatic rings. The van der Waals surface area contributed by atoms with E-state index in [1.165, 1.54) is 56.1 Å². The van der Waals surface area contributed by atoms with Gasteiger partial charge in [-0.15, -0.1) is 0 Å². The Morgan fingerprint density at radius 2 is 1.36 bits per heavy atom. The molecule has 3 amide bonds. The topological polar surface area (TPSA) is 168 Å². The van der Waals surface area contributed by atoms with E-state index in [9.17, 15) is 0 Å². The van der Waals surface area contributed by atoms with Crippen molar-refractivity contribution in [1.82, 2.24) is 0 Å². The molecule has 2 unspecified atom stereocenters. The Bertz CT molecular complexity index is 679. The lowest BCUT2D eigenvalue weighted by molar-refractivity contribution is -0.107. The largest absolute Gasteiger partial charge is 0.372 e. The van der Waals surface area contributed by atoms with Crippen LogP contribution in [-0.4, -0.2) is 32.5 Å². The fourth-order valence-corrected chi connectivity index (χ4v) is 3.02. The highest BCUT2D eigenvalue weighted by Gasteiger charge is 2.13. The lowest BCUT2D eigenvalue weighted by Gasteiger charge is -2.21. The normalized spacial score (nSPS) is 10.6. The molecule has 1 rings (SSSR count). The van der Waals surface area contributed by atoms with E-state index in [1.807, 2.05) is 6.07 Å². The maximum Gasteiger partial charge on any atom is 0.204 e. The molecule has 0 saturated carbocycles. The van der Waals surface area contributed by atoms with Crippen LogP contribution < -0.4 is 22.9 Å². The van der Waals surface area contributed by atoms with Crippen molar-refractivity contribution in [2.75, 3.05) is 6.54 Å². The predicted octanol–water partition coefficient (Wildman–Crippen LogP) is 6.31. The summed E-state index contributed by atoms with van der Waals surface area (Å²) in [5.41, 5.74) is 21.5. The van der Waals surface area contributed by atoms with Gasteiger partial charge in [-0.25, -0.2) is 0 Å². The molecule has 0 radical (unpaired) electrons. The molecule has 0 bridgehead atoms. The number of allylic oxidation sites excluding steroid dienone is 1. The lowest BCUT2D eigenvalue weighted by Crippen LogP contribution is -2.10. The average Bonchev–Trinajstić information content (AvgIpc) is 2.92. The van der Waals surface area contributed by atoms with Gasteiger partial charge in [0.15, 0.2) is 0 Å². The smallest absolute Gasteiger partial charge is 0.204 e. The number of carbonyl (C=O) groups is 3. The van der Waals surface area contributed by atoms with Crippen LogP contribution in [0.1, 0.15) is 110 Å². The molecule has 0 fully saturated rings. The van der Waals surface area contributed by atoms with Gasteiger partial charge in [-0.3, -0.25) is 19.4 Å². The van der Waals surface area contributed by atoms with Gasteiger partial charge in [-0.05, 0) is 61.4 Å². The SMILES string of the molecule is C=Nc1ccc(C(C)C)cc1C.CCCC.CCCCC(C/C=C/CN)C(C)CC.NC=O.NC=O.NC=O. The minimum absolute atomic E-state index is 0.250. The fraction of sp³-hybridized carbons (Fsp3) is 0.613. The Kier molecular flexibility index (Phi) is 46.5. The summed E-state index contributed by atoms with van der Waals surface area (Å²) < 4.78 is 0. The second-order valence-corrected chi connectivity index (χ2v) is 9.00. The predicted molar refractivity (Wildman–Crippen MR) is 171 cm³/mol. The number of benzene rings is 1. The molecule has 39 heavy (non-hydrogen) atoms. The van der Waals surface area contributed by atoms with Crippen LogP contribution in [0.15, 0.2) is 35.3 Å². The van der Waals surface area contributed by atoms with Gasteiger partial charge in [0.25, 0.3) is 0 Å². The summed E-state index contributed by atoms with van der Waals surface area (Å²) in [4.78, 5) is 29.7. The van der Waals surface area contributed by atoms with Crippen LogP contribution in [0, 0.1) is 18.8 Å². The van der Waals surface area contributed by atoms with Crippen molar-refractivity contribution in [2.24, 2.45) is 39.8 Å². The van der Waals surface area contributed by atoms with E-state index in [4.69, 9.17) is 20.1 Å². The van der Waals surface area contributed by atoms with Crippen LogP contribution in [0.4, 0.5) is 5.69 Å². The van der Waals surface area contributed by atoms with Crippen molar-refractivity contribution >= 4 is 31.6 Å². The third-order valence-electron chi connectivity index (χ3n) is 5.68. The van der Waals surface area contributed by atoms with Crippen molar-refractivity contribution < 1.29 is 14.4 Å². The molecule has 0 aliphatic carbocycles. The number of hydrogen-bond acceptors (Lipinski definition) is 5. The molecule has 0 saturated heterocycles.